The van der Waals surface area contributed by atoms with Crippen LogP contribution in [0.4, 0.5) is 0 Å². The van der Waals surface area contributed by atoms with E-state index < -0.39 is 0 Å². The number of rotatable bonds is 4. The molecule has 0 bridgehead atoms. The summed E-state index contributed by atoms with van der Waals surface area (Å²) in [4.78, 5) is 19.6. The Labute approximate surface area is 206 Å². The molecule has 0 saturated heterocycles. The van der Waals surface area contributed by atoms with E-state index in [-0.39, 0.29) is 11.6 Å². The van der Waals surface area contributed by atoms with E-state index in [1.165, 1.54) is 22.5 Å². The lowest BCUT2D eigenvalue weighted by Crippen LogP contribution is -2.38. The van der Waals surface area contributed by atoms with Crippen LogP contribution in [0, 0.1) is 0 Å². The first-order valence-electron chi connectivity index (χ1n) is 11.6. The molecule has 1 aromatic heterocycles. The maximum absolute atomic E-state index is 13.8. The fourth-order valence-corrected chi connectivity index (χ4v) is 5.99. The highest BCUT2D eigenvalue weighted by Gasteiger charge is 2.32. The number of hydrogen-bond acceptors (Lipinski definition) is 5. The highest BCUT2D eigenvalue weighted by Crippen LogP contribution is 2.41. The summed E-state index contributed by atoms with van der Waals surface area (Å²) in [6, 6.07) is 24.0. The molecule has 2 heterocycles. The highest BCUT2D eigenvalue weighted by molar-refractivity contribution is 7.07. The van der Waals surface area contributed by atoms with Crippen molar-refractivity contribution in [2.75, 3.05) is 14.2 Å². The summed E-state index contributed by atoms with van der Waals surface area (Å²) < 4.78 is 13.3. The lowest BCUT2D eigenvalue weighted by atomic mass is 9.83. The van der Waals surface area contributed by atoms with Crippen LogP contribution in [0.3, 0.4) is 0 Å². The summed E-state index contributed by atoms with van der Waals surface area (Å²) in [5, 5.41) is 0. The number of thiazole rings is 1. The third kappa shape index (κ3) is 3.70. The van der Waals surface area contributed by atoms with Crippen LogP contribution in [0.2, 0.25) is 0 Å². The van der Waals surface area contributed by atoms with Crippen LogP contribution in [-0.4, -0.2) is 18.8 Å². The number of ether oxygens (including phenoxy) is 2. The summed E-state index contributed by atoms with van der Waals surface area (Å²) in [5.74, 6) is 1.56. The topological polar surface area (TPSA) is 52.8 Å². The van der Waals surface area contributed by atoms with Gasteiger partial charge in [0.15, 0.2) is 4.80 Å². The van der Waals surface area contributed by atoms with Gasteiger partial charge in [-0.1, -0.05) is 59.9 Å². The average molecular weight is 481 g/mol. The Bertz CT molecular complexity index is 1640. The summed E-state index contributed by atoms with van der Waals surface area (Å²) in [7, 11) is 3.31. The first kappa shape index (κ1) is 21.6. The standard InChI is InChI=1S/C29H24N2O3S/c1-33-21-13-10-18(11-14-21)16-25-28(32)31-27(20-7-5-8-22(17-20)34-2)24-15-12-19-6-3-4-9-23(19)26(24)30-29(31)35-25/h3-11,13-14,16-17,27H,12,15H2,1-2H3. The molecule has 0 spiro atoms. The molecule has 6 heteroatoms. The average Bonchev–Trinajstić information content (AvgIpc) is 3.22. The molecule has 2 aliphatic rings. The Morgan fingerprint density at radius 1 is 0.943 bits per heavy atom. The molecule has 35 heavy (non-hydrogen) atoms. The van der Waals surface area contributed by atoms with E-state index in [0.29, 0.717) is 4.53 Å². The minimum Gasteiger partial charge on any atom is -0.497 e. The van der Waals surface area contributed by atoms with Crippen LogP contribution < -0.4 is 24.4 Å². The number of nitrogens with zero attached hydrogens (tertiary/aromatic N) is 2. The van der Waals surface area contributed by atoms with E-state index in [9.17, 15) is 4.79 Å². The summed E-state index contributed by atoms with van der Waals surface area (Å²) in [6.07, 6.45) is 3.73. The second-order valence-electron chi connectivity index (χ2n) is 8.66. The molecule has 6 rings (SSSR count). The lowest BCUT2D eigenvalue weighted by Gasteiger charge is -2.31. The van der Waals surface area contributed by atoms with Gasteiger partial charge in [-0.3, -0.25) is 9.36 Å². The molecule has 3 aromatic carbocycles. The molecule has 0 N–H and O–H groups in total. The predicted octanol–water partition coefficient (Wildman–Crippen LogP) is 4.34. The van der Waals surface area contributed by atoms with Crippen molar-refractivity contribution in [3.05, 3.63) is 120 Å². The number of aromatic nitrogens is 1. The van der Waals surface area contributed by atoms with Gasteiger partial charge in [0.05, 0.1) is 30.5 Å². The minimum atomic E-state index is -0.220. The molecule has 1 unspecified atom stereocenters. The van der Waals surface area contributed by atoms with Gasteiger partial charge in [0, 0.05) is 5.56 Å². The fraction of sp³-hybridized carbons (Fsp3) is 0.172. The molecule has 5 nitrogen and oxygen atoms in total. The number of hydrogen-bond donors (Lipinski definition) is 0. The third-order valence-electron chi connectivity index (χ3n) is 6.70. The van der Waals surface area contributed by atoms with Gasteiger partial charge in [0.25, 0.3) is 5.56 Å². The molecule has 0 radical (unpaired) electrons. The number of methoxy groups -OCH3 is 2. The quantitative estimate of drug-likeness (QED) is 0.437. The largest absolute Gasteiger partial charge is 0.497 e. The Kier molecular flexibility index (Phi) is 5.38. The van der Waals surface area contributed by atoms with Crippen molar-refractivity contribution in [2.45, 2.75) is 18.9 Å². The minimum absolute atomic E-state index is 0.0252. The van der Waals surface area contributed by atoms with Crippen LogP contribution in [0.1, 0.15) is 34.7 Å². The summed E-state index contributed by atoms with van der Waals surface area (Å²) in [6.45, 7) is 0. The second kappa shape index (κ2) is 8.71. The van der Waals surface area contributed by atoms with Gasteiger partial charge < -0.3 is 9.47 Å². The lowest BCUT2D eigenvalue weighted by molar-refractivity contribution is 0.413. The maximum atomic E-state index is 13.8. The predicted molar refractivity (Wildman–Crippen MR) is 139 cm³/mol. The Hall–Kier alpha value is -3.90. The molecule has 0 amide bonds. The maximum Gasteiger partial charge on any atom is 0.271 e. The van der Waals surface area contributed by atoms with E-state index in [4.69, 9.17) is 14.5 Å². The number of allylic oxidation sites excluding steroid dienone is 1. The van der Waals surface area contributed by atoms with Crippen molar-refractivity contribution in [3.8, 4) is 11.5 Å². The molecule has 1 atom stereocenters. The summed E-state index contributed by atoms with van der Waals surface area (Å²) in [5.41, 5.74) is 6.60. The van der Waals surface area contributed by atoms with Crippen molar-refractivity contribution in [1.29, 1.82) is 0 Å². The third-order valence-corrected chi connectivity index (χ3v) is 7.68. The van der Waals surface area contributed by atoms with Crippen molar-refractivity contribution >= 4 is 23.1 Å². The Morgan fingerprint density at radius 2 is 1.74 bits per heavy atom. The van der Waals surface area contributed by atoms with Gasteiger partial charge in [-0.25, -0.2) is 4.99 Å². The van der Waals surface area contributed by atoms with Gasteiger partial charge >= 0.3 is 0 Å². The molecule has 1 aliphatic carbocycles. The van der Waals surface area contributed by atoms with E-state index in [0.717, 1.165) is 51.5 Å². The van der Waals surface area contributed by atoms with Crippen LogP contribution in [0.15, 0.2) is 88.2 Å². The van der Waals surface area contributed by atoms with Gasteiger partial charge in [-0.2, -0.15) is 0 Å². The van der Waals surface area contributed by atoms with Crippen LogP contribution in [-0.2, 0) is 6.42 Å². The van der Waals surface area contributed by atoms with Crippen molar-refractivity contribution in [1.82, 2.24) is 4.57 Å². The monoisotopic (exact) mass is 480 g/mol. The zero-order chi connectivity index (χ0) is 23.9. The van der Waals surface area contributed by atoms with Crippen molar-refractivity contribution in [2.24, 2.45) is 4.99 Å². The molecule has 4 aromatic rings. The molecule has 0 saturated carbocycles. The Morgan fingerprint density at radius 3 is 2.54 bits per heavy atom. The van der Waals surface area contributed by atoms with Crippen molar-refractivity contribution in [3.63, 3.8) is 0 Å². The van der Waals surface area contributed by atoms with E-state index >= 15 is 0 Å². The molecular weight excluding hydrogens is 456 g/mol. The van der Waals surface area contributed by atoms with Crippen LogP contribution in [0.25, 0.3) is 11.8 Å². The van der Waals surface area contributed by atoms with Gasteiger partial charge in [0.1, 0.15) is 11.5 Å². The SMILES string of the molecule is COc1ccc(C=c2sc3n(c2=O)C(c2cccc(OC)c2)C2=C(N=3)c3ccccc3CC2)cc1. The molecule has 0 fully saturated rings. The van der Waals surface area contributed by atoms with Gasteiger partial charge in [-0.15, -0.1) is 0 Å². The molecular formula is C29H24N2O3S. The first-order valence-corrected chi connectivity index (χ1v) is 12.4. The normalized spacial score (nSPS) is 16.7. The zero-order valence-electron chi connectivity index (χ0n) is 19.5. The van der Waals surface area contributed by atoms with Crippen LogP contribution in [0.5, 0.6) is 11.5 Å². The van der Waals surface area contributed by atoms with Gasteiger partial charge in [-0.05, 0) is 65.4 Å². The fourth-order valence-electron chi connectivity index (χ4n) is 4.99. The van der Waals surface area contributed by atoms with E-state index in [1.54, 1.807) is 14.2 Å². The number of benzene rings is 3. The second-order valence-corrected chi connectivity index (χ2v) is 9.67. The van der Waals surface area contributed by atoms with E-state index in [2.05, 4.69) is 30.3 Å². The highest BCUT2D eigenvalue weighted by atomic mass is 32.1. The number of aryl methyl sites for hydroxylation is 1. The Balaban J connectivity index is 1.59. The zero-order valence-corrected chi connectivity index (χ0v) is 20.3. The molecule has 1 aliphatic heterocycles. The van der Waals surface area contributed by atoms with Crippen LogP contribution >= 0.6 is 11.3 Å². The number of fused-ring (bicyclic) bond motifs is 3. The molecule has 174 valence electrons. The van der Waals surface area contributed by atoms with Gasteiger partial charge in [0.2, 0.25) is 0 Å². The van der Waals surface area contributed by atoms with Crippen molar-refractivity contribution < 1.29 is 9.47 Å². The first-order chi connectivity index (χ1) is 17.2. The smallest absolute Gasteiger partial charge is 0.271 e. The summed E-state index contributed by atoms with van der Waals surface area (Å²) >= 11 is 1.44. The van der Waals surface area contributed by atoms with E-state index in [1.807, 2.05) is 53.1 Å².